The zero-order valence-corrected chi connectivity index (χ0v) is 15.3. The molecule has 0 aliphatic carbocycles. The predicted octanol–water partition coefficient (Wildman–Crippen LogP) is 2.60. The maximum absolute atomic E-state index is 12.7. The average molecular weight is 339 g/mol. The van der Waals surface area contributed by atoms with Gasteiger partial charge in [0.1, 0.15) is 5.60 Å². The van der Waals surface area contributed by atoms with Gasteiger partial charge in [-0.3, -0.25) is 4.21 Å². The monoisotopic (exact) mass is 339 g/mol. The van der Waals surface area contributed by atoms with Crippen LogP contribution in [0, 0.1) is 13.8 Å². The second kappa shape index (κ2) is 6.95. The molecule has 2 rings (SSSR count). The zero-order valence-electron chi connectivity index (χ0n) is 14.5. The first-order valence-electron chi connectivity index (χ1n) is 7.86. The quantitative estimate of drug-likeness (QED) is 0.775. The smallest absolute Gasteiger partial charge is 0.410 e. The van der Waals surface area contributed by atoms with Crippen LogP contribution >= 0.6 is 0 Å². The summed E-state index contributed by atoms with van der Waals surface area (Å²) < 4.78 is 18.0. The van der Waals surface area contributed by atoms with Gasteiger partial charge in [0.15, 0.2) is 0 Å². The van der Waals surface area contributed by atoms with Gasteiger partial charge < -0.3 is 9.64 Å². The number of piperidine rings is 1. The lowest BCUT2D eigenvalue weighted by molar-refractivity contribution is 0.0218. The molecule has 1 fully saturated rings. The number of amides is 1. The predicted molar refractivity (Wildman–Crippen MR) is 88.7 cm³/mol. The van der Waals surface area contributed by atoms with Crippen LogP contribution in [0.4, 0.5) is 4.79 Å². The van der Waals surface area contributed by atoms with Gasteiger partial charge in [-0.1, -0.05) is 0 Å². The van der Waals surface area contributed by atoms with Crippen LogP contribution < -0.4 is 0 Å². The normalized spacial score (nSPS) is 17.9. The van der Waals surface area contributed by atoms with Crippen LogP contribution in [0.15, 0.2) is 11.2 Å². The van der Waals surface area contributed by atoms with Gasteiger partial charge in [-0.15, -0.1) is 0 Å². The Morgan fingerprint density at radius 2 is 1.74 bits per heavy atom. The van der Waals surface area contributed by atoms with Gasteiger partial charge in [0, 0.05) is 29.7 Å². The van der Waals surface area contributed by atoms with E-state index in [4.69, 9.17) is 4.74 Å². The van der Waals surface area contributed by atoms with Gasteiger partial charge in [0.25, 0.3) is 0 Å². The lowest BCUT2D eigenvalue weighted by atomic mass is 10.1. The highest BCUT2D eigenvalue weighted by Gasteiger charge is 2.30. The van der Waals surface area contributed by atoms with Crippen molar-refractivity contribution in [3.63, 3.8) is 0 Å². The molecule has 0 aromatic carbocycles. The van der Waals surface area contributed by atoms with Gasteiger partial charge in [0.2, 0.25) is 5.16 Å². The number of ether oxygens (including phenoxy) is 1. The van der Waals surface area contributed by atoms with Gasteiger partial charge in [-0.2, -0.15) is 0 Å². The number of carbonyl (C=O) groups excluding carboxylic acids is 1. The van der Waals surface area contributed by atoms with E-state index in [1.807, 2.05) is 40.7 Å². The van der Waals surface area contributed by atoms with Crippen LogP contribution in [0.25, 0.3) is 0 Å². The van der Waals surface area contributed by atoms with E-state index in [-0.39, 0.29) is 11.3 Å². The van der Waals surface area contributed by atoms with Crippen molar-refractivity contribution in [2.45, 2.75) is 63.5 Å². The number of nitrogens with zero attached hydrogens (tertiary/aromatic N) is 3. The summed E-state index contributed by atoms with van der Waals surface area (Å²) in [6.45, 7) is 10.4. The molecule has 1 atom stereocenters. The molecule has 2 heterocycles. The van der Waals surface area contributed by atoms with Crippen molar-refractivity contribution in [2.75, 3.05) is 13.1 Å². The minimum absolute atomic E-state index is 0.0186. The Balaban J connectivity index is 1.96. The molecule has 0 bridgehead atoms. The third-order valence-corrected chi connectivity index (χ3v) is 5.16. The minimum atomic E-state index is -1.24. The summed E-state index contributed by atoms with van der Waals surface area (Å²) in [7, 11) is -1.24. The molecule has 1 aliphatic heterocycles. The van der Waals surface area contributed by atoms with Crippen LogP contribution in [0.2, 0.25) is 0 Å². The molecular formula is C16H25N3O3S. The van der Waals surface area contributed by atoms with Crippen LogP contribution in [0.5, 0.6) is 0 Å². The minimum Gasteiger partial charge on any atom is -0.444 e. The Morgan fingerprint density at radius 3 is 2.22 bits per heavy atom. The molecular weight excluding hydrogens is 314 g/mol. The summed E-state index contributed by atoms with van der Waals surface area (Å²) >= 11 is 0. The number of carbonyl (C=O) groups is 1. The molecule has 0 N–H and O–H groups in total. The number of aryl methyl sites for hydroxylation is 2. The van der Waals surface area contributed by atoms with E-state index in [1.54, 1.807) is 4.90 Å². The molecule has 6 nitrogen and oxygen atoms in total. The zero-order chi connectivity index (χ0) is 17.2. The molecule has 1 aromatic rings. The van der Waals surface area contributed by atoms with Crippen LogP contribution in [0.3, 0.4) is 0 Å². The van der Waals surface area contributed by atoms with Crippen molar-refractivity contribution in [1.29, 1.82) is 0 Å². The van der Waals surface area contributed by atoms with Crippen molar-refractivity contribution >= 4 is 16.9 Å². The SMILES string of the molecule is Cc1cc(C)nc(S(=O)C2CCN(C(=O)OC(C)(C)C)CC2)n1. The molecule has 1 aromatic heterocycles. The number of rotatable bonds is 2. The molecule has 128 valence electrons. The largest absolute Gasteiger partial charge is 0.444 e. The first-order chi connectivity index (χ1) is 10.7. The van der Waals surface area contributed by atoms with E-state index < -0.39 is 16.4 Å². The van der Waals surface area contributed by atoms with E-state index in [1.165, 1.54) is 0 Å². The Kier molecular flexibility index (Phi) is 5.39. The molecule has 0 saturated carbocycles. The second-order valence-corrected chi connectivity index (χ2v) is 8.52. The fourth-order valence-corrected chi connectivity index (χ4v) is 3.92. The Bertz CT molecular complexity index is 585. The summed E-state index contributed by atoms with van der Waals surface area (Å²) in [5, 5.41) is 0.383. The third kappa shape index (κ3) is 4.99. The van der Waals surface area contributed by atoms with Crippen molar-refractivity contribution in [2.24, 2.45) is 0 Å². The van der Waals surface area contributed by atoms with E-state index >= 15 is 0 Å². The second-order valence-electron chi connectivity index (χ2n) is 6.90. The topological polar surface area (TPSA) is 72.4 Å². The summed E-state index contributed by atoms with van der Waals surface area (Å²) in [5.74, 6) is 0. The number of likely N-dealkylation sites (tertiary alicyclic amines) is 1. The Hall–Kier alpha value is -1.50. The van der Waals surface area contributed by atoms with Crippen LogP contribution in [-0.4, -0.2) is 49.1 Å². The number of hydrogen-bond acceptors (Lipinski definition) is 5. The van der Waals surface area contributed by atoms with E-state index in [0.717, 1.165) is 11.4 Å². The Morgan fingerprint density at radius 1 is 1.22 bits per heavy atom. The van der Waals surface area contributed by atoms with Gasteiger partial charge >= 0.3 is 6.09 Å². The summed E-state index contributed by atoms with van der Waals surface area (Å²) in [6, 6.07) is 1.87. The fraction of sp³-hybridized carbons (Fsp3) is 0.688. The first-order valence-corrected chi connectivity index (χ1v) is 9.08. The van der Waals surface area contributed by atoms with E-state index in [0.29, 0.717) is 31.1 Å². The molecule has 7 heteroatoms. The molecule has 1 amide bonds. The number of aromatic nitrogens is 2. The van der Waals surface area contributed by atoms with Crippen molar-refractivity contribution in [3.8, 4) is 0 Å². The standard InChI is InChI=1S/C16H25N3O3S/c1-11-10-12(2)18-14(17-11)23(21)13-6-8-19(9-7-13)15(20)22-16(3,4)5/h10,13H,6-9H2,1-5H3. The van der Waals surface area contributed by atoms with Crippen LogP contribution in [-0.2, 0) is 15.5 Å². The molecule has 1 unspecified atom stereocenters. The van der Waals surface area contributed by atoms with Crippen molar-refractivity contribution in [3.05, 3.63) is 17.5 Å². The van der Waals surface area contributed by atoms with Gasteiger partial charge in [-0.05, 0) is 53.5 Å². The molecule has 0 spiro atoms. The molecule has 0 radical (unpaired) electrons. The number of hydrogen-bond donors (Lipinski definition) is 0. The maximum atomic E-state index is 12.7. The van der Waals surface area contributed by atoms with E-state index in [2.05, 4.69) is 9.97 Å². The van der Waals surface area contributed by atoms with Gasteiger partial charge in [-0.25, -0.2) is 14.8 Å². The van der Waals surface area contributed by atoms with E-state index in [9.17, 15) is 9.00 Å². The third-order valence-electron chi connectivity index (χ3n) is 3.54. The van der Waals surface area contributed by atoms with Crippen LogP contribution in [0.1, 0.15) is 45.0 Å². The van der Waals surface area contributed by atoms with Gasteiger partial charge in [0.05, 0.1) is 10.8 Å². The summed E-state index contributed by atoms with van der Waals surface area (Å²) in [6.07, 6.45) is 1.04. The highest BCUT2D eigenvalue weighted by atomic mass is 32.2. The highest BCUT2D eigenvalue weighted by Crippen LogP contribution is 2.21. The Labute approximate surface area is 140 Å². The maximum Gasteiger partial charge on any atom is 0.410 e. The van der Waals surface area contributed by atoms with Crippen molar-refractivity contribution in [1.82, 2.24) is 14.9 Å². The lowest BCUT2D eigenvalue weighted by Gasteiger charge is -2.32. The first kappa shape index (κ1) is 17.8. The van der Waals surface area contributed by atoms with Crippen molar-refractivity contribution < 1.29 is 13.7 Å². The fourth-order valence-electron chi connectivity index (χ4n) is 2.51. The molecule has 1 aliphatic rings. The highest BCUT2D eigenvalue weighted by molar-refractivity contribution is 7.85. The molecule has 1 saturated heterocycles. The summed E-state index contributed by atoms with van der Waals surface area (Å²) in [5.41, 5.74) is 1.16. The summed E-state index contributed by atoms with van der Waals surface area (Å²) in [4.78, 5) is 22.3. The average Bonchev–Trinajstić information content (AvgIpc) is 2.44. The molecule has 23 heavy (non-hydrogen) atoms. The lowest BCUT2D eigenvalue weighted by Crippen LogP contribution is -2.43.